The van der Waals surface area contributed by atoms with Crippen LogP contribution in [-0.4, -0.2) is 23.5 Å². The third-order valence-corrected chi connectivity index (χ3v) is 5.35. The third-order valence-electron chi connectivity index (χ3n) is 5.35. The summed E-state index contributed by atoms with van der Waals surface area (Å²) in [5.74, 6) is 0.840. The zero-order valence-electron chi connectivity index (χ0n) is 16.5. The molecule has 4 rings (SSSR count). The number of carbonyl (C=O) groups is 1. The van der Waals surface area contributed by atoms with Gasteiger partial charge < -0.3 is 10.1 Å². The number of hydrogen-bond acceptors (Lipinski definition) is 3. The minimum absolute atomic E-state index is 0.0506. The summed E-state index contributed by atoms with van der Waals surface area (Å²) < 4.78 is 6.02. The second-order valence-corrected chi connectivity index (χ2v) is 7.44. The van der Waals surface area contributed by atoms with E-state index < -0.39 is 0 Å². The van der Waals surface area contributed by atoms with Gasteiger partial charge in [-0.25, -0.2) is 0 Å². The van der Waals surface area contributed by atoms with Gasteiger partial charge in [0.25, 0.3) is 5.91 Å². The number of aryl methyl sites for hydroxylation is 2. The predicted molar refractivity (Wildman–Crippen MR) is 111 cm³/mol. The van der Waals surface area contributed by atoms with E-state index in [0.29, 0.717) is 6.54 Å². The van der Waals surface area contributed by atoms with Crippen molar-refractivity contribution >= 4 is 5.91 Å². The molecule has 0 unspecified atom stereocenters. The molecule has 142 valence electrons. The number of pyridine rings is 1. The van der Waals surface area contributed by atoms with Gasteiger partial charge in [0.05, 0.1) is 12.2 Å². The van der Waals surface area contributed by atoms with Gasteiger partial charge in [-0.3, -0.25) is 9.78 Å². The first kappa shape index (κ1) is 18.2. The Morgan fingerprint density at radius 2 is 2.00 bits per heavy atom. The molecule has 0 spiro atoms. The van der Waals surface area contributed by atoms with E-state index in [1.54, 1.807) is 0 Å². The molecule has 0 saturated carbocycles. The Morgan fingerprint density at radius 1 is 1.14 bits per heavy atom. The molecule has 0 bridgehead atoms. The molecule has 2 aromatic carbocycles. The lowest BCUT2D eigenvalue weighted by molar-refractivity contribution is 0.0933. The smallest absolute Gasteiger partial charge is 0.251 e. The van der Waals surface area contributed by atoms with E-state index in [1.807, 2.05) is 63.4 Å². The summed E-state index contributed by atoms with van der Waals surface area (Å²) in [7, 11) is 0. The average Bonchev–Trinajstić information content (AvgIpc) is 3.11. The van der Waals surface area contributed by atoms with E-state index in [4.69, 9.17) is 4.74 Å². The molecule has 4 nitrogen and oxygen atoms in total. The number of nitrogens with zero attached hydrogens (tertiary/aromatic N) is 1. The van der Waals surface area contributed by atoms with Gasteiger partial charge in [-0.05, 0) is 73.4 Å². The first-order chi connectivity index (χ1) is 13.5. The quantitative estimate of drug-likeness (QED) is 0.738. The number of carbonyl (C=O) groups excluding carboxylic acids is 1. The van der Waals surface area contributed by atoms with Crippen molar-refractivity contribution in [1.82, 2.24) is 10.3 Å². The van der Waals surface area contributed by atoms with Crippen LogP contribution in [0.2, 0.25) is 0 Å². The highest BCUT2D eigenvalue weighted by Gasteiger charge is 2.24. The van der Waals surface area contributed by atoms with Crippen molar-refractivity contribution in [3.05, 3.63) is 82.5 Å². The highest BCUT2D eigenvalue weighted by molar-refractivity contribution is 5.95. The Balaban J connectivity index is 1.42. The molecule has 1 aromatic heterocycles. The predicted octanol–water partition coefficient (Wildman–Crippen LogP) is 4.41. The monoisotopic (exact) mass is 372 g/mol. The Kier molecular flexibility index (Phi) is 4.86. The summed E-state index contributed by atoms with van der Waals surface area (Å²) in [5.41, 5.74) is 7.21. The van der Waals surface area contributed by atoms with Crippen LogP contribution in [0.15, 0.2) is 54.7 Å². The molecule has 0 saturated heterocycles. The number of benzene rings is 2. The molecule has 0 aliphatic carbocycles. The van der Waals surface area contributed by atoms with Crippen LogP contribution < -0.4 is 10.1 Å². The minimum atomic E-state index is -0.0507. The Bertz CT molecular complexity index is 1030. The maximum Gasteiger partial charge on any atom is 0.251 e. The van der Waals surface area contributed by atoms with Crippen molar-refractivity contribution in [2.24, 2.45) is 0 Å². The van der Waals surface area contributed by atoms with Gasteiger partial charge in [0.1, 0.15) is 11.9 Å². The SMILES string of the molecule is Cc1ccc(-c2ccc3c(c2)C[C@H](CNC(=O)c2cccc(C)c2C)O3)nc1. The van der Waals surface area contributed by atoms with Crippen molar-refractivity contribution in [3.63, 3.8) is 0 Å². The highest BCUT2D eigenvalue weighted by Crippen LogP contribution is 2.32. The molecule has 3 aromatic rings. The number of fused-ring (bicyclic) bond motifs is 1. The second-order valence-electron chi connectivity index (χ2n) is 7.44. The van der Waals surface area contributed by atoms with Gasteiger partial charge >= 0.3 is 0 Å². The summed E-state index contributed by atoms with van der Waals surface area (Å²) in [6, 6.07) is 16.1. The lowest BCUT2D eigenvalue weighted by Gasteiger charge is -2.13. The lowest BCUT2D eigenvalue weighted by atomic mass is 10.0. The van der Waals surface area contributed by atoms with E-state index in [-0.39, 0.29) is 12.0 Å². The van der Waals surface area contributed by atoms with Crippen LogP contribution in [-0.2, 0) is 6.42 Å². The Labute approximate surface area is 165 Å². The van der Waals surface area contributed by atoms with Gasteiger partial charge in [0, 0.05) is 23.7 Å². The molecule has 1 amide bonds. The van der Waals surface area contributed by atoms with Gasteiger partial charge in [-0.2, -0.15) is 0 Å². The van der Waals surface area contributed by atoms with Crippen LogP contribution in [0.4, 0.5) is 0 Å². The van der Waals surface area contributed by atoms with Crippen molar-refractivity contribution in [2.45, 2.75) is 33.3 Å². The highest BCUT2D eigenvalue weighted by atomic mass is 16.5. The fourth-order valence-corrected chi connectivity index (χ4v) is 3.53. The van der Waals surface area contributed by atoms with E-state index in [2.05, 4.69) is 22.4 Å². The van der Waals surface area contributed by atoms with Crippen LogP contribution in [0.3, 0.4) is 0 Å². The van der Waals surface area contributed by atoms with E-state index >= 15 is 0 Å². The average molecular weight is 372 g/mol. The van der Waals surface area contributed by atoms with Crippen LogP contribution in [0, 0.1) is 20.8 Å². The van der Waals surface area contributed by atoms with Crippen LogP contribution in [0.1, 0.15) is 32.6 Å². The molecule has 0 radical (unpaired) electrons. The molecule has 1 aliphatic heterocycles. The number of aromatic nitrogens is 1. The molecule has 0 fully saturated rings. The molecule has 1 atom stereocenters. The number of hydrogen-bond donors (Lipinski definition) is 1. The first-order valence-corrected chi connectivity index (χ1v) is 9.58. The summed E-state index contributed by atoms with van der Waals surface area (Å²) in [5, 5.41) is 3.02. The maximum atomic E-state index is 12.5. The van der Waals surface area contributed by atoms with Crippen molar-refractivity contribution in [3.8, 4) is 17.0 Å². The van der Waals surface area contributed by atoms with Gasteiger partial charge in [-0.1, -0.05) is 18.2 Å². The zero-order valence-corrected chi connectivity index (χ0v) is 16.5. The minimum Gasteiger partial charge on any atom is -0.488 e. The van der Waals surface area contributed by atoms with Gasteiger partial charge in [-0.15, -0.1) is 0 Å². The van der Waals surface area contributed by atoms with Crippen molar-refractivity contribution in [2.75, 3.05) is 6.54 Å². The number of amides is 1. The zero-order chi connectivity index (χ0) is 19.7. The number of ether oxygens (including phenoxy) is 1. The van der Waals surface area contributed by atoms with Crippen LogP contribution >= 0.6 is 0 Å². The van der Waals surface area contributed by atoms with E-state index in [1.165, 1.54) is 0 Å². The second kappa shape index (κ2) is 7.47. The molecule has 1 aliphatic rings. The molecule has 4 heteroatoms. The topological polar surface area (TPSA) is 51.2 Å². The molecule has 2 heterocycles. The fourth-order valence-electron chi connectivity index (χ4n) is 3.53. The van der Waals surface area contributed by atoms with Gasteiger partial charge in [0.15, 0.2) is 0 Å². The Morgan fingerprint density at radius 3 is 2.79 bits per heavy atom. The van der Waals surface area contributed by atoms with Crippen molar-refractivity contribution in [1.29, 1.82) is 0 Å². The summed E-state index contributed by atoms with van der Waals surface area (Å²) >= 11 is 0. The standard InChI is InChI=1S/C24H24N2O2/c1-15-7-9-22(25-13-15)18-8-10-23-19(11-18)12-20(28-23)14-26-24(27)21-6-4-5-16(2)17(21)3/h4-11,13,20H,12,14H2,1-3H3,(H,26,27)/t20-/m1/s1. The summed E-state index contributed by atoms with van der Waals surface area (Å²) in [6.45, 7) is 6.51. The Hall–Kier alpha value is -3.14. The summed E-state index contributed by atoms with van der Waals surface area (Å²) in [4.78, 5) is 17.0. The van der Waals surface area contributed by atoms with E-state index in [9.17, 15) is 4.79 Å². The fraction of sp³-hybridized carbons (Fsp3) is 0.250. The molecular weight excluding hydrogens is 348 g/mol. The molecular formula is C24H24N2O2. The molecule has 1 N–H and O–H groups in total. The van der Waals surface area contributed by atoms with Crippen LogP contribution in [0.25, 0.3) is 11.3 Å². The van der Waals surface area contributed by atoms with Crippen molar-refractivity contribution < 1.29 is 9.53 Å². The van der Waals surface area contributed by atoms with E-state index in [0.717, 1.165) is 51.2 Å². The maximum absolute atomic E-state index is 12.5. The summed E-state index contributed by atoms with van der Waals surface area (Å²) in [6.07, 6.45) is 2.61. The third kappa shape index (κ3) is 3.63. The number of rotatable bonds is 4. The normalized spacial score (nSPS) is 15.0. The first-order valence-electron chi connectivity index (χ1n) is 9.58. The lowest BCUT2D eigenvalue weighted by Crippen LogP contribution is -2.34. The van der Waals surface area contributed by atoms with Gasteiger partial charge in [0.2, 0.25) is 0 Å². The molecule has 28 heavy (non-hydrogen) atoms. The number of nitrogens with one attached hydrogen (secondary N) is 1. The van der Waals surface area contributed by atoms with Crippen LogP contribution in [0.5, 0.6) is 5.75 Å². The largest absolute Gasteiger partial charge is 0.488 e.